The topological polar surface area (TPSA) is 82.4 Å². The highest BCUT2D eigenvalue weighted by Crippen LogP contribution is 2.45. The number of halogens is 3. The van der Waals surface area contributed by atoms with E-state index in [0.29, 0.717) is 28.0 Å². The molecule has 1 aliphatic carbocycles. The SMILES string of the molecule is C=S(C)(=O)NC(=O)c1cc(C2CC2)c(OCC2CCN([C@H](C)c3cc(Cl)cc(Cl)c3C#N)CC2)cc1F. The molecule has 1 amide bonds. The highest BCUT2D eigenvalue weighted by atomic mass is 35.5. The first kappa shape index (κ1) is 27.7. The van der Waals surface area contributed by atoms with Crippen molar-refractivity contribution in [2.24, 2.45) is 5.92 Å². The van der Waals surface area contributed by atoms with Crippen LogP contribution in [0.1, 0.15) is 71.6 Å². The lowest BCUT2D eigenvalue weighted by atomic mass is 9.94. The van der Waals surface area contributed by atoms with E-state index in [-0.39, 0.29) is 23.4 Å². The molecule has 198 valence electrons. The Hall–Kier alpha value is -2.31. The maximum Gasteiger partial charge on any atom is 0.265 e. The smallest absolute Gasteiger partial charge is 0.265 e. The lowest BCUT2D eigenvalue weighted by Crippen LogP contribution is -2.37. The molecule has 4 rings (SSSR count). The number of nitriles is 1. The van der Waals surface area contributed by atoms with Gasteiger partial charge in [-0.3, -0.25) is 14.4 Å². The summed E-state index contributed by atoms with van der Waals surface area (Å²) in [6, 6.07) is 8.36. The normalized spacial score (nSPS) is 19.0. The molecule has 2 atom stereocenters. The van der Waals surface area contributed by atoms with Gasteiger partial charge in [0.25, 0.3) is 5.91 Å². The Labute approximate surface area is 227 Å². The summed E-state index contributed by atoms with van der Waals surface area (Å²) in [6.45, 7) is 4.12. The predicted octanol–water partition coefficient (Wildman–Crippen LogP) is 5.72. The van der Waals surface area contributed by atoms with Gasteiger partial charge >= 0.3 is 0 Å². The molecule has 0 radical (unpaired) electrons. The third-order valence-electron chi connectivity index (χ3n) is 6.99. The Morgan fingerprint density at radius 3 is 2.54 bits per heavy atom. The number of hydrogen-bond acceptors (Lipinski definition) is 5. The molecule has 0 spiro atoms. The van der Waals surface area contributed by atoms with Gasteiger partial charge in [-0.15, -0.1) is 0 Å². The standard InChI is InChI=1S/C27H30Cl2FN3O3S/c1-16(20-10-19(28)11-24(29)23(20)14-31)33-8-6-17(7-9-33)15-36-26-13-25(30)22(12-21(26)18-4-5-18)27(34)32-37(2,3)35/h10-13,16-18H,2,4-9,15H2,1,3H3,(H,32,34,35)/t16-,37?/m1/s1. The molecule has 10 heteroatoms. The number of carbonyl (C=O) groups excluding carboxylic acids is 1. The lowest BCUT2D eigenvalue weighted by molar-refractivity contribution is 0.0978. The number of amides is 1. The summed E-state index contributed by atoms with van der Waals surface area (Å²) < 4.78 is 35.0. The number of piperidine rings is 1. The van der Waals surface area contributed by atoms with Crippen LogP contribution in [0.15, 0.2) is 24.3 Å². The molecule has 2 aromatic carbocycles. The van der Waals surface area contributed by atoms with Gasteiger partial charge in [0.1, 0.15) is 17.6 Å². The summed E-state index contributed by atoms with van der Waals surface area (Å²) in [4.78, 5) is 14.7. The summed E-state index contributed by atoms with van der Waals surface area (Å²) in [5.41, 5.74) is 1.94. The van der Waals surface area contributed by atoms with Gasteiger partial charge in [0, 0.05) is 33.1 Å². The number of benzene rings is 2. The minimum atomic E-state index is -2.81. The molecule has 1 heterocycles. The molecule has 1 saturated heterocycles. The van der Waals surface area contributed by atoms with E-state index in [1.165, 1.54) is 18.4 Å². The highest BCUT2D eigenvalue weighted by molar-refractivity contribution is 7.98. The van der Waals surface area contributed by atoms with Crippen molar-refractivity contribution in [3.63, 3.8) is 0 Å². The zero-order chi connectivity index (χ0) is 26.9. The van der Waals surface area contributed by atoms with E-state index < -0.39 is 21.4 Å². The summed E-state index contributed by atoms with van der Waals surface area (Å²) >= 11 is 12.4. The average molecular weight is 567 g/mol. The molecule has 0 aromatic heterocycles. The molecule has 2 fully saturated rings. The quantitative estimate of drug-likeness (QED) is 0.413. The first-order valence-corrected chi connectivity index (χ1v) is 15.1. The van der Waals surface area contributed by atoms with E-state index in [4.69, 9.17) is 27.9 Å². The largest absolute Gasteiger partial charge is 0.493 e. The Balaban J connectivity index is 1.40. The molecule has 2 aromatic rings. The molecule has 1 unspecified atom stereocenters. The van der Waals surface area contributed by atoms with Gasteiger partial charge in [0.05, 0.1) is 22.8 Å². The second-order valence-electron chi connectivity index (χ2n) is 10.0. The van der Waals surface area contributed by atoms with Crippen molar-refractivity contribution < 1.29 is 18.1 Å². The number of ether oxygens (including phenoxy) is 1. The fourth-order valence-electron chi connectivity index (χ4n) is 4.79. The van der Waals surface area contributed by atoms with Crippen LogP contribution >= 0.6 is 23.2 Å². The first-order valence-electron chi connectivity index (χ1n) is 12.2. The van der Waals surface area contributed by atoms with Gasteiger partial charge in [0.15, 0.2) is 0 Å². The van der Waals surface area contributed by atoms with E-state index >= 15 is 0 Å². The van der Waals surface area contributed by atoms with Crippen LogP contribution in [0.2, 0.25) is 10.0 Å². The van der Waals surface area contributed by atoms with Crippen LogP contribution in [0.25, 0.3) is 0 Å². The van der Waals surface area contributed by atoms with Crippen molar-refractivity contribution in [1.82, 2.24) is 9.62 Å². The van der Waals surface area contributed by atoms with Crippen molar-refractivity contribution >= 4 is 44.7 Å². The molecule has 0 bridgehead atoms. The number of carbonyl (C=O) groups is 1. The van der Waals surface area contributed by atoms with E-state index in [0.717, 1.165) is 49.9 Å². The first-order chi connectivity index (χ1) is 17.5. The van der Waals surface area contributed by atoms with Crippen LogP contribution < -0.4 is 9.46 Å². The van der Waals surface area contributed by atoms with Crippen molar-refractivity contribution in [3.8, 4) is 11.8 Å². The van der Waals surface area contributed by atoms with Crippen molar-refractivity contribution in [3.05, 3.63) is 62.4 Å². The fraction of sp³-hybridized carbons (Fsp3) is 0.444. The van der Waals surface area contributed by atoms with Crippen LogP contribution in [0.3, 0.4) is 0 Å². The van der Waals surface area contributed by atoms with Crippen molar-refractivity contribution in [2.75, 3.05) is 26.0 Å². The molecular formula is C27H30Cl2FN3O3S. The van der Waals surface area contributed by atoms with Gasteiger partial charge in [0.2, 0.25) is 0 Å². The molecule has 6 nitrogen and oxygen atoms in total. The summed E-state index contributed by atoms with van der Waals surface area (Å²) in [5, 5.41) is 10.4. The predicted molar refractivity (Wildman–Crippen MR) is 146 cm³/mol. The van der Waals surface area contributed by atoms with Crippen molar-refractivity contribution in [2.45, 2.75) is 44.6 Å². The minimum absolute atomic E-state index is 0.0156. The highest BCUT2D eigenvalue weighted by Gasteiger charge is 2.31. The summed E-state index contributed by atoms with van der Waals surface area (Å²) in [7, 11) is -2.81. The Morgan fingerprint density at radius 1 is 1.27 bits per heavy atom. The van der Waals surface area contributed by atoms with E-state index in [1.54, 1.807) is 12.1 Å². The third-order valence-corrected chi connectivity index (χ3v) is 8.12. The zero-order valence-corrected chi connectivity index (χ0v) is 23.2. The monoisotopic (exact) mass is 565 g/mol. The maximum absolute atomic E-state index is 14.8. The second-order valence-corrected chi connectivity index (χ2v) is 13.1. The van der Waals surface area contributed by atoms with Crippen molar-refractivity contribution in [1.29, 1.82) is 5.26 Å². The molecular weight excluding hydrogens is 536 g/mol. The summed E-state index contributed by atoms with van der Waals surface area (Å²) in [5.74, 6) is 2.94. The molecule has 1 saturated carbocycles. The maximum atomic E-state index is 14.8. The van der Waals surface area contributed by atoms with Crippen LogP contribution in [-0.2, 0) is 9.71 Å². The van der Waals surface area contributed by atoms with Gasteiger partial charge in [-0.2, -0.15) is 5.26 Å². The van der Waals surface area contributed by atoms with E-state index in [9.17, 15) is 18.7 Å². The minimum Gasteiger partial charge on any atom is -0.493 e. The average Bonchev–Trinajstić information content (AvgIpc) is 3.66. The van der Waals surface area contributed by atoms with E-state index in [1.807, 2.05) is 6.92 Å². The van der Waals surface area contributed by atoms with Crippen LogP contribution in [-0.4, -0.2) is 46.8 Å². The molecule has 1 aliphatic heterocycles. The molecule has 1 N–H and O–H groups in total. The number of likely N-dealkylation sites (tertiary alicyclic amines) is 1. The second kappa shape index (κ2) is 11.2. The fourth-order valence-corrected chi connectivity index (χ4v) is 5.84. The van der Waals surface area contributed by atoms with Gasteiger partial charge in [-0.25, -0.2) is 8.60 Å². The summed E-state index contributed by atoms with van der Waals surface area (Å²) in [6.07, 6.45) is 4.97. The number of hydrogen-bond donors (Lipinski definition) is 1. The van der Waals surface area contributed by atoms with E-state index in [2.05, 4.69) is 21.6 Å². The molecule has 37 heavy (non-hydrogen) atoms. The Morgan fingerprint density at radius 2 is 1.95 bits per heavy atom. The van der Waals surface area contributed by atoms with Gasteiger partial charge < -0.3 is 4.74 Å². The number of rotatable bonds is 8. The number of nitrogens with zero attached hydrogens (tertiary/aromatic N) is 2. The van der Waals surface area contributed by atoms with Gasteiger partial charge in [-0.1, -0.05) is 23.2 Å². The van der Waals surface area contributed by atoms with Gasteiger partial charge in [-0.05, 0) is 92.7 Å². The Kier molecular flexibility index (Phi) is 8.39. The molecule has 2 aliphatic rings. The Bertz CT molecular complexity index is 1350. The van der Waals surface area contributed by atoms with Crippen LogP contribution in [0, 0.1) is 23.1 Å². The van der Waals surface area contributed by atoms with Crippen LogP contribution in [0.5, 0.6) is 5.75 Å². The number of nitrogens with one attached hydrogen (secondary N) is 1. The zero-order valence-electron chi connectivity index (χ0n) is 20.9. The van der Waals surface area contributed by atoms with Crippen LogP contribution in [0.4, 0.5) is 4.39 Å². The third kappa shape index (κ3) is 6.77. The lowest BCUT2D eigenvalue weighted by Gasteiger charge is -2.36.